The van der Waals surface area contributed by atoms with Crippen molar-refractivity contribution in [2.75, 3.05) is 28.9 Å². The van der Waals surface area contributed by atoms with Gasteiger partial charge in [0.25, 0.3) is 0 Å². The van der Waals surface area contributed by atoms with Crippen molar-refractivity contribution in [1.29, 1.82) is 0 Å². The second kappa shape index (κ2) is 8.26. The number of para-hydroxylation sites is 1. The first kappa shape index (κ1) is 20.7. The number of amidine groups is 1. The van der Waals surface area contributed by atoms with Gasteiger partial charge in [-0.1, -0.05) is 36.4 Å². The van der Waals surface area contributed by atoms with Gasteiger partial charge in [-0.05, 0) is 66.9 Å². The number of hydrogen-bond acceptors (Lipinski definition) is 5. The number of benzene rings is 3. The molecule has 0 saturated heterocycles. The first-order valence-corrected chi connectivity index (χ1v) is 10.4. The van der Waals surface area contributed by atoms with Crippen molar-refractivity contribution in [1.82, 2.24) is 0 Å². The van der Waals surface area contributed by atoms with Crippen LogP contribution in [0.5, 0.6) is 0 Å². The molecule has 31 heavy (non-hydrogen) atoms. The van der Waals surface area contributed by atoms with Crippen molar-refractivity contribution >= 4 is 28.7 Å². The molecule has 158 valence electrons. The molecule has 1 aliphatic rings. The number of carbonyl (C=O) groups excluding carboxylic acids is 1. The predicted octanol–water partition coefficient (Wildman–Crippen LogP) is 5.30. The van der Waals surface area contributed by atoms with E-state index < -0.39 is 0 Å². The number of hydrazone groups is 1. The third-order valence-corrected chi connectivity index (χ3v) is 5.72. The monoisotopic (exact) mass is 412 g/mol. The number of rotatable bonds is 5. The van der Waals surface area contributed by atoms with E-state index in [2.05, 4.69) is 61.2 Å². The molecule has 1 atom stereocenters. The number of anilines is 3. The number of carbonyl (C=O) groups is 1. The SMILES string of the molecule is CC(=O)C1=NN(c2ccccc2)[C@@H](c2ccc(N(C)C)cc2)N1c1ccc(C)c(C)c1. The highest BCUT2D eigenvalue weighted by atomic mass is 16.1. The summed E-state index contributed by atoms with van der Waals surface area (Å²) in [5.41, 5.74) is 6.48. The molecule has 5 heteroatoms. The summed E-state index contributed by atoms with van der Waals surface area (Å²) in [4.78, 5) is 16.8. The van der Waals surface area contributed by atoms with Crippen LogP contribution in [0.1, 0.15) is 29.8 Å². The summed E-state index contributed by atoms with van der Waals surface area (Å²) in [5, 5.41) is 6.74. The quantitative estimate of drug-likeness (QED) is 0.570. The molecule has 5 nitrogen and oxygen atoms in total. The zero-order chi connectivity index (χ0) is 22.1. The van der Waals surface area contributed by atoms with Gasteiger partial charge in [0.05, 0.1) is 5.69 Å². The minimum atomic E-state index is -0.264. The Morgan fingerprint density at radius 1 is 0.871 bits per heavy atom. The molecular weight excluding hydrogens is 384 g/mol. The Hall–Kier alpha value is -3.60. The highest BCUT2D eigenvalue weighted by Gasteiger charge is 2.39. The molecule has 0 aromatic heterocycles. The minimum Gasteiger partial charge on any atom is -0.378 e. The molecule has 0 saturated carbocycles. The average molecular weight is 413 g/mol. The van der Waals surface area contributed by atoms with Crippen LogP contribution in [-0.4, -0.2) is 25.7 Å². The van der Waals surface area contributed by atoms with Crippen molar-refractivity contribution in [2.45, 2.75) is 26.9 Å². The first-order valence-electron chi connectivity index (χ1n) is 10.4. The molecular formula is C26H28N4O. The lowest BCUT2D eigenvalue weighted by Crippen LogP contribution is -2.37. The molecule has 4 rings (SSSR count). The maximum Gasteiger partial charge on any atom is 0.198 e. The third-order valence-electron chi connectivity index (χ3n) is 5.72. The van der Waals surface area contributed by atoms with Crippen LogP contribution in [0, 0.1) is 13.8 Å². The van der Waals surface area contributed by atoms with Gasteiger partial charge in [0.2, 0.25) is 0 Å². The number of nitrogens with zero attached hydrogens (tertiary/aromatic N) is 4. The highest BCUT2D eigenvalue weighted by Crippen LogP contribution is 2.39. The van der Waals surface area contributed by atoms with Crippen LogP contribution < -0.4 is 14.8 Å². The molecule has 0 bridgehead atoms. The van der Waals surface area contributed by atoms with Gasteiger partial charge in [0.15, 0.2) is 17.8 Å². The molecule has 3 aromatic rings. The zero-order valence-corrected chi connectivity index (χ0v) is 18.7. The van der Waals surface area contributed by atoms with E-state index in [9.17, 15) is 4.79 Å². The van der Waals surface area contributed by atoms with Gasteiger partial charge in [0, 0.05) is 32.4 Å². The van der Waals surface area contributed by atoms with Crippen LogP contribution in [0.15, 0.2) is 77.9 Å². The number of ketones is 1. The van der Waals surface area contributed by atoms with Crippen LogP contribution in [-0.2, 0) is 4.79 Å². The summed E-state index contributed by atoms with van der Waals surface area (Å²) in [5.74, 6) is 0.375. The topological polar surface area (TPSA) is 39.2 Å². The van der Waals surface area contributed by atoms with E-state index in [1.54, 1.807) is 6.92 Å². The fourth-order valence-electron chi connectivity index (χ4n) is 3.82. The maximum atomic E-state index is 12.7. The van der Waals surface area contributed by atoms with Gasteiger partial charge < -0.3 is 4.90 Å². The molecule has 3 aromatic carbocycles. The number of aryl methyl sites for hydroxylation is 2. The smallest absolute Gasteiger partial charge is 0.198 e. The molecule has 0 aliphatic carbocycles. The fourth-order valence-corrected chi connectivity index (χ4v) is 3.82. The summed E-state index contributed by atoms with van der Waals surface area (Å²) >= 11 is 0. The Morgan fingerprint density at radius 3 is 2.13 bits per heavy atom. The van der Waals surface area contributed by atoms with Crippen molar-refractivity contribution in [3.8, 4) is 0 Å². The summed E-state index contributed by atoms with van der Waals surface area (Å²) in [7, 11) is 4.05. The normalized spacial score (nSPS) is 15.8. The standard InChI is InChI=1S/C26H28N4O/c1-18-11-14-24(17-19(18)2)29-25(20(3)31)27-30(23-9-7-6-8-10-23)26(29)21-12-15-22(16-13-21)28(4)5/h6-17,26H,1-5H3/t26-/m0/s1. The average Bonchev–Trinajstić information content (AvgIpc) is 3.17. The van der Waals surface area contributed by atoms with Crippen LogP contribution in [0.25, 0.3) is 0 Å². The van der Waals surface area contributed by atoms with Crippen molar-refractivity contribution < 1.29 is 4.79 Å². The lowest BCUT2D eigenvalue weighted by molar-refractivity contribution is -0.111. The van der Waals surface area contributed by atoms with E-state index in [1.807, 2.05) is 54.3 Å². The molecule has 0 radical (unpaired) electrons. The van der Waals surface area contributed by atoms with Crippen LogP contribution in [0.3, 0.4) is 0 Å². The zero-order valence-electron chi connectivity index (χ0n) is 18.7. The van der Waals surface area contributed by atoms with Gasteiger partial charge in [-0.3, -0.25) is 9.69 Å². The second-order valence-corrected chi connectivity index (χ2v) is 8.16. The maximum absolute atomic E-state index is 12.7. The fraction of sp³-hybridized carbons (Fsp3) is 0.231. The molecule has 0 fully saturated rings. The van der Waals surface area contributed by atoms with Crippen molar-refractivity contribution in [3.63, 3.8) is 0 Å². The summed E-state index contributed by atoms with van der Waals surface area (Å²) in [6, 6.07) is 24.7. The second-order valence-electron chi connectivity index (χ2n) is 8.16. The van der Waals surface area contributed by atoms with E-state index in [1.165, 1.54) is 11.1 Å². The highest BCUT2D eigenvalue weighted by molar-refractivity contribution is 6.44. The Labute approximate surface area is 184 Å². The van der Waals surface area contributed by atoms with Crippen molar-refractivity contribution in [2.24, 2.45) is 5.10 Å². The van der Waals surface area contributed by atoms with E-state index in [0.717, 1.165) is 22.6 Å². The van der Waals surface area contributed by atoms with Crippen LogP contribution in [0.4, 0.5) is 17.1 Å². The molecule has 0 N–H and O–H groups in total. The summed E-state index contributed by atoms with van der Waals surface area (Å²) in [6.07, 6.45) is -0.264. The predicted molar refractivity (Wildman–Crippen MR) is 129 cm³/mol. The van der Waals surface area contributed by atoms with E-state index >= 15 is 0 Å². The van der Waals surface area contributed by atoms with Gasteiger partial charge in [-0.15, -0.1) is 5.10 Å². The van der Waals surface area contributed by atoms with Crippen LogP contribution in [0.2, 0.25) is 0 Å². The Kier molecular flexibility index (Phi) is 5.51. The van der Waals surface area contributed by atoms with Gasteiger partial charge in [0.1, 0.15) is 0 Å². The van der Waals surface area contributed by atoms with E-state index in [4.69, 9.17) is 5.10 Å². The van der Waals surface area contributed by atoms with Crippen molar-refractivity contribution in [3.05, 3.63) is 89.5 Å². The van der Waals surface area contributed by atoms with Gasteiger partial charge >= 0.3 is 0 Å². The summed E-state index contributed by atoms with van der Waals surface area (Å²) < 4.78 is 0. The lowest BCUT2D eigenvalue weighted by atomic mass is 10.1. The summed E-state index contributed by atoms with van der Waals surface area (Å²) in [6.45, 7) is 5.76. The largest absolute Gasteiger partial charge is 0.378 e. The molecule has 0 spiro atoms. The van der Waals surface area contributed by atoms with Crippen LogP contribution >= 0.6 is 0 Å². The third kappa shape index (κ3) is 3.91. The minimum absolute atomic E-state index is 0.0634. The molecule has 0 amide bonds. The van der Waals surface area contributed by atoms with E-state index in [0.29, 0.717) is 5.84 Å². The molecule has 0 unspecified atom stereocenters. The number of Topliss-reactive ketones (excluding diaryl/α,β-unsaturated/α-hetero) is 1. The van der Waals surface area contributed by atoms with Gasteiger partial charge in [-0.2, -0.15) is 0 Å². The Bertz CT molecular complexity index is 1120. The van der Waals surface area contributed by atoms with E-state index in [-0.39, 0.29) is 11.9 Å². The first-order chi connectivity index (χ1) is 14.9. The Morgan fingerprint density at radius 2 is 1.55 bits per heavy atom. The molecule has 1 heterocycles. The van der Waals surface area contributed by atoms with Gasteiger partial charge in [-0.25, -0.2) is 5.01 Å². The lowest BCUT2D eigenvalue weighted by Gasteiger charge is -2.32. The number of hydrogen-bond donors (Lipinski definition) is 0. The Balaban J connectivity index is 1.89. The molecule has 1 aliphatic heterocycles.